The number of hydrogen-bond acceptors (Lipinski definition) is 4. The summed E-state index contributed by atoms with van der Waals surface area (Å²) in [6.07, 6.45) is 18.6. The number of esters is 1. The Morgan fingerprint density at radius 1 is 0.879 bits per heavy atom. The fraction of sp³-hybridized carbons (Fsp3) is 0.621. The van der Waals surface area contributed by atoms with Gasteiger partial charge in [0.25, 0.3) is 0 Å². The third-order valence-electron chi connectivity index (χ3n) is 8.04. The third-order valence-corrected chi connectivity index (χ3v) is 8.04. The molecule has 1 heterocycles. The molecule has 0 atom stereocenters. The van der Waals surface area contributed by atoms with Crippen LogP contribution in [0.15, 0.2) is 36.7 Å². The molecule has 0 unspecified atom stereocenters. The van der Waals surface area contributed by atoms with Crippen LogP contribution in [0.1, 0.15) is 102 Å². The number of carbonyl (C=O) groups is 1. The number of hydrogen-bond donors (Lipinski definition) is 0. The van der Waals surface area contributed by atoms with Gasteiger partial charge in [-0.1, -0.05) is 39.5 Å². The van der Waals surface area contributed by atoms with Gasteiger partial charge in [0.2, 0.25) is 0 Å². The Morgan fingerprint density at radius 2 is 1.52 bits per heavy atom. The van der Waals surface area contributed by atoms with Crippen LogP contribution in [-0.2, 0) is 4.79 Å². The second-order valence-corrected chi connectivity index (χ2v) is 10.3. The highest BCUT2D eigenvalue weighted by Gasteiger charge is 2.27. The Morgan fingerprint density at radius 3 is 2.12 bits per heavy atom. The molecule has 0 bridgehead atoms. The van der Waals surface area contributed by atoms with Crippen LogP contribution in [0.4, 0.5) is 0 Å². The van der Waals surface area contributed by atoms with Gasteiger partial charge >= 0.3 is 5.97 Å². The first-order valence-corrected chi connectivity index (χ1v) is 13.3. The predicted octanol–water partition coefficient (Wildman–Crippen LogP) is 7.73. The Bertz CT molecular complexity index is 861. The first kappa shape index (κ1) is 23.9. The minimum absolute atomic E-state index is 0.0471. The Kier molecular flexibility index (Phi) is 8.52. The predicted molar refractivity (Wildman–Crippen MR) is 133 cm³/mol. The summed E-state index contributed by atoms with van der Waals surface area (Å²) in [7, 11) is 0. The minimum atomic E-state index is -0.0740. The zero-order chi connectivity index (χ0) is 23.0. The first-order valence-electron chi connectivity index (χ1n) is 13.3. The molecule has 0 radical (unpaired) electrons. The van der Waals surface area contributed by atoms with Crippen LogP contribution in [0, 0.1) is 17.8 Å². The molecule has 1 aromatic carbocycles. The van der Waals surface area contributed by atoms with Crippen LogP contribution in [0.2, 0.25) is 0 Å². The topological polar surface area (TPSA) is 52.1 Å². The smallest absolute Gasteiger partial charge is 0.314 e. The normalized spacial score (nSPS) is 25.5. The first-order chi connectivity index (χ1) is 16.2. The van der Waals surface area contributed by atoms with E-state index < -0.39 is 0 Å². The average Bonchev–Trinajstić information content (AvgIpc) is 2.88. The summed E-state index contributed by atoms with van der Waals surface area (Å²) in [4.78, 5) is 21.9. The molecule has 0 aliphatic heterocycles. The van der Waals surface area contributed by atoms with Gasteiger partial charge in [0.1, 0.15) is 5.75 Å². The van der Waals surface area contributed by atoms with Crippen LogP contribution in [-0.4, -0.2) is 15.9 Å². The van der Waals surface area contributed by atoms with Crippen molar-refractivity contribution in [1.29, 1.82) is 0 Å². The molecule has 2 aliphatic carbocycles. The Labute approximate surface area is 199 Å². The van der Waals surface area contributed by atoms with E-state index in [1.165, 1.54) is 56.9 Å². The van der Waals surface area contributed by atoms with Crippen molar-refractivity contribution >= 4 is 5.97 Å². The van der Waals surface area contributed by atoms with E-state index in [0.29, 0.717) is 11.7 Å². The molecule has 4 rings (SSSR count). The van der Waals surface area contributed by atoms with Crippen molar-refractivity contribution in [2.24, 2.45) is 17.8 Å². The van der Waals surface area contributed by atoms with E-state index in [-0.39, 0.29) is 11.9 Å². The van der Waals surface area contributed by atoms with Gasteiger partial charge in [-0.25, -0.2) is 9.97 Å². The number of carbonyl (C=O) groups excluding carboxylic acids is 1. The van der Waals surface area contributed by atoms with E-state index in [9.17, 15) is 4.79 Å². The van der Waals surface area contributed by atoms with Gasteiger partial charge in [0, 0.05) is 18.0 Å². The molecule has 33 heavy (non-hydrogen) atoms. The zero-order valence-corrected chi connectivity index (χ0v) is 20.5. The van der Waals surface area contributed by atoms with Crippen molar-refractivity contribution in [3.8, 4) is 17.1 Å². The van der Waals surface area contributed by atoms with Gasteiger partial charge in [0.15, 0.2) is 5.82 Å². The molecule has 2 saturated carbocycles. The van der Waals surface area contributed by atoms with Gasteiger partial charge in [-0.15, -0.1) is 0 Å². The summed E-state index contributed by atoms with van der Waals surface area (Å²) in [6.45, 7) is 4.54. The number of rotatable bonds is 8. The SMILES string of the molecule is CCCCC1CCC(C(=O)Oc2ccc(-c3ncc(C4CCC(CC)CC4)cn3)cc2)CC1. The summed E-state index contributed by atoms with van der Waals surface area (Å²) in [5.41, 5.74) is 2.22. The monoisotopic (exact) mass is 448 g/mol. The molecular weight excluding hydrogens is 408 g/mol. The van der Waals surface area contributed by atoms with Crippen LogP contribution in [0.25, 0.3) is 11.4 Å². The van der Waals surface area contributed by atoms with Crippen molar-refractivity contribution < 1.29 is 9.53 Å². The standard InChI is InChI=1S/C29H40N2O2/c1-3-5-6-22-9-13-25(14-10-22)29(32)33-27-17-15-24(16-18-27)28-30-19-26(20-31-28)23-11-7-21(4-2)8-12-23/h15-23,25H,3-14H2,1-2H3. The molecule has 4 nitrogen and oxygen atoms in total. The van der Waals surface area contributed by atoms with Gasteiger partial charge < -0.3 is 4.74 Å². The summed E-state index contributed by atoms with van der Waals surface area (Å²) >= 11 is 0. The molecular formula is C29H40N2O2. The highest BCUT2D eigenvalue weighted by atomic mass is 16.5. The van der Waals surface area contributed by atoms with E-state index in [1.54, 1.807) is 0 Å². The van der Waals surface area contributed by atoms with Crippen molar-refractivity contribution in [2.75, 3.05) is 0 Å². The second-order valence-electron chi connectivity index (χ2n) is 10.3. The Hall–Kier alpha value is -2.23. The maximum absolute atomic E-state index is 12.6. The molecule has 0 N–H and O–H groups in total. The summed E-state index contributed by atoms with van der Waals surface area (Å²) in [6, 6.07) is 7.63. The van der Waals surface area contributed by atoms with Gasteiger partial charge in [-0.2, -0.15) is 0 Å². The van der Waals surface area contributed by atoms with Crippen LogP contribution in [0.5, 0.6) is 5.75 Å². The average molecular weight is 449 g/mol. The highest BCUT2D eigenvalue weighted by Crippen LogP contribution is 2.37. The van der Waals surface area contributed by atoms with E-state index in [0.717, 1.165) is 48.9 Å². The van der Waals surface area contributed by atoms with Crippen molar-refractivity contribution in [3.05, 3.63) is 42.2 Å². The molecule has 2 aromatic rings. The minimum Gasteiger partial charge on any atom is -0.426 e. The van der Waals surface area contributed by atoms with Crippen molar-refractivity contribution in [3.63, 3.8) is 0 Å². The highest BCUT2D eigenvalue weighted by molar-refractivity contribution is 5.75. The molecule has 0 amide bonds. The molecule has 4 heteroatoms. The quantitative estimate of drug-likeness (QED) is 0.306. The fourth-order valence-corrected chi connectivity index (χ4v) is 5.65. The lowest BCUT2D eigenvalue weighted by Crippen LogP contribution is -2.25. The number of unbranched alkanes of at least 4 members (excludes halogenated alkanes) is 1. The number of nitrogens with zero attached hydrogens (tertiary/aromatic N) is 2. The number of benzene rings is 1. The molecule has 2 fully saturated rings. The lowest BCUT2D eigenvalue weighted by Gasteiger charge is -2.27. The van der Waals surface area contributed by atoms with Gasteiger partial charge in [-0.3, -0.25) is 4.79 Å². The van der Waals surface area contributed by atoms with Gasteiger partial charge in [-0.05, 0) is 98.9 Å². The second kappa shape index (κ2) is 11.8. The van der Waals surface area contributed by atoms with Gasteiger partial charge in [0.05, 0.1) is 5.92 Å². The maximum atomic E-state index is 12.6. The van der Waals surface area contributed by atoms with Crippen LogP contribution >= 0.6 is 0 Å². The summed E-state index contributed by atoms with van der Waals surface area (Å²) in [5.74, 6) is 3.61. The van der Waals surface area contributed by atoms with Crippen molar-refractivity contribution in [2.45, 2.75) is 96.8 Å². The van der Waals surface area contributed by atoms with E-state index in [2.05, 4.69) is 23.8 Å². The third kappa shape index (κ3) is 6.43. The van der Waals surface area contributed by atoms with E-state index >= 15 is 0 Å². The lowest BCUT2D eigenvalue weighted by atomic mass is 9.78. The van der Waals surface area contributed by atoms with E-state index in [4.69, 9.17) is 4.74 Å². The molecule has 178 valence electrons. The summed E-state index contributed by atoms with van der Waals surface area (Å²) in [5, 5.41) is 0. The van der Waals surface area contributed by atoms with E-state index in [1.807, 2.05) is 36.7 Å². The number of aromatic nitrogens is 2. The zero-order valence-electron chi connectivity index (χ0n) is 20.5. The van der Waals surface area contributed by atoms with Crippen LogP contribution in [0.3, 0.4) is 0 Å². The number of ether oxygens (including phenoxy) is 1. The lowest BCUT2D eigenvalue weighted by molar-refractivity contribution is -0.140. The van der Waals surface area contributed by atoms with Crippen molar-refractivity contribution in [1.82, 2.24) is 9.97 Å². The van der Waals surface area contributed by atoms with Crippen LogP contribution < -0.4 is 4.74 Å². The molecule has 2 aliphatic rings. The molecule has 0 saturated heterocycles. The largest absolute Gasteiger partial charge is 0.426 e. The fourth-order valence-electron chi connectivity index (χ4n) is 5.65. The Balaban J connectivity index is 1.28. The molecule has 1 aromatic heterocycles. The summed E-state index contributed by atoms with van der Waals surface area (Å²) < 4.78 is 5.70. The molecule has 0 spiro atoms. The maximum Gasteiger partial charge on any atom is 0.314 e.